The van der Waals surface area contributed by atoms with Crippen LogP contribution < -0.4 is 5.32 Å². The Hall–Kier alpha value is -2.22. The Morgan fingerprint density at radius 1 is 1.35 bits per heavy atom. The fraction of sp³-hybridized carbons (Fsp3) is 0.333. The second-order valence-corrected chi connectivity index (χ2v) is 7.37. The first-order valence-corrected chi connectivity index (χ1v) is 8.75. The third kappa shape index (κ3) is 5.17. The number of aryl methyl sites for hydroxylation is 1. The van der Waals surface area contributed by atoms with Crippen molar-refractivity contribution in [1.29, 1.82) is 0 Å². The molecule has 0 bridgehead atoms. The first kappa shape index (κ1) is 17.1. The highest BCUT2D eigenvalue weighted by atomic mass is 32.2. The maximum absolute atomic E-state index is 12.9. The number of amides is 1. The molecule has 1 atom stereocenters. The van der Waals surface area contributed by atoms with Crippen LogP contribution in [-0.4, -0.2) is 25.2 Å². The van der Waals surface area contributed by atoms with Crippen molar-refractivity contribution >= 4 is 15.7 Å². The summed E-state index contributed by atoms with van der Waals surface area (Å²) in [6, 6.07) is 6.72. The van der Waals surface area contributed by atoms with Gasteiger partial charge in [-0.3, -0.25) is 4.79 Å². The number of carbonyl (C=O) groups excluding carboxylic acids is 1. The fourth-order valence-corrected chi connectivity index (χ4v) is 3.25. The van der Waals surface area contributed by atoms with Crippen molar-refractivity contribution in [2.24, 2.45) is 0 Å². The number of hydrogen-bond donors (Lipinski definition) is 1. The Labute approximate surface area is 133 Å². The molecule has 0 aliphatic heterocycles. The van der Waals surface area contributed by atoms with Crippen molar-refractivity contribution in [2.45, 2.75) is 25.6 Å². The number of benzene rings is 1. The van der Waals surface area contributed by atoms with Crippen molar-refractivity contribution in [3.05, 3.63) is 53.2 Å². The number of hydrogen-bond acceptors (Lipinski definition) is 5. The number of sulfone groups is 1. The van der Waals surface area contributed by atoms with E-state index >= 15 is 0 Å². The van der Waals surface area contributed by atoms with Crippen LogP contribution in [0, 0.1) is 12.7 Å². The van der Waals surface area contributed by atoms with Gasteiger partial charge in [0.05, 0.1) is 17.5 Å². The van der Waals surface area contributed by atoms with Gasteiger partial charge in [0.1, 0.15) is 17.3 Å². The third-order valence-electron chi connectivity index (χ3n) is 3.14. The number of rotatable bonds is 6. The molecule has 0 radical (unpaired) electrons. The third-order valence-corrected chi connectivity index (χ3v) is 4.58. The molecule has 1 amide bonds. The lowest BCUT2D eigenvalue weighted by atomic mass is 10.1. The summed E-state index contributed by atoms with van der Waals surface area (Å²) in [5.41, 5.74) is 0.950. The SMILES string of the molecule is Cc1cc(CS(=O)(=O)CC(=O)N[C@@H](C)c2ccc(F)cc2)no1. The Morgan fingerprint density at radius 3 is 2.57 bits per heavy atom. The van der Waals surface area contributed by atoms with E-state index in [2.05, 4.69) is 10.5 Å². The highest BCUT2D eigenvalue weighted by Crippen LogP contribution is 2.13. The lowest BCUT2D eigenvalue weighted by Gasteiger charge is -2.14. The van der Waals surface area contributed by atoms with Gasteiger partial charge in [0.15, 0.2) is 9.84 Å². The monoisotopic (exact) mass is 340 g/mol. The zero-order chi connectivity index (χ0) is 17.0. The molecule has 1 aromatic carbocycles. The highest BCUT2D eigenvalue weighted by Gasteiger charge is 2.20. The molecular weight excluding hydrogens is 323 g/mol. The summed E-state index contributed by atoms with van der Waals surface area (Å²) < 4.78 is 41.6. The van der Waals surface area contributed by atoms with Gasteiger partial charge in [-0.25, -0.2) is 12.8 Å². The van der Waals surface area contributed by atoms with Gasteiger partial charge in [-0.05, 0) is 31.5 Å². The molecule has 1 aromatic heterocycles. The topological polar surface area (TPSA) is 89.3 Å². The summed E-state index contributed by atoms with van der Waals surface area (Å²) in [6.45, 7) is 3.35. The van der Waals surface area contributed by atoms with E-state index in [0.717, 1.165) is 0 Å². The second-order valence-electron chi connectivity index (χ2n) is 5.30. The van der Waals surface area contributed by atoms with E-state index in [-0.39, 0.29) is 17.3 Å². The molecule has 23 heavy (non-hydrogen) atoms. The van der Waals surface area contributed by atoms with Gasteiger partial charge in [0.2, 0.25) is 5.91 Å². The van der Waals surface area contributed by atoms with E-state index < -0.39 is 27.5 Å². The van der Waals surface area contributed by atoms with Crippen LogP contribution in [0.3, 0.4) is 0 Å². The van der Waals surface area contributed by atoms with Crippen molar-refractivity contribution < 1.29 is 22.1 Å². The van der Waals surface area contributed by atoms with Crippen LogP contribution in [0.5, 0.6) is 0 Å². The minimum absolute atomic E-state index is 0.266. The molecule has 2 aromatic rings. The lowest BCUT2D eigenvalue weighted by molar-refractivity contribution is -0.119. The maximum Gasteiger partial charge on any atom is 0.235 e. The Balaban J connectivity index is 1.94. The van der Waals surface area contributed by atoms with Gasteiger partial charge >= 0.3 is 0 Å². The van der Waals surface area contributed by atoms with Crippen LogP contribution >= 0.6 is 0 Å². The molecule has 0 aliphatic rings. The smallest absolute Gasteiger partial charge is 0.235 e. The maximum atomic E-state index is 12.9. The number of aromatic nitrogens is 1. The van der Waals surface area contributed by atoms with Crippen LogP contribution in [0.1, 0.15) is 30.0 Å². The minimum Gasteiger partial charge on any atom is -0.361 e. The molecule has 0 fully saturated rings. The van der Waals surface area contributed by atoms with E-state index in [1.807, 2.05) is 0 Å². The first-order valence-electron chi connectivity index (χ1n) is 6.92. The molecule has 0 spiro atoms. The Morgan fingerprint density at radius 2 is 2.00 bits per heavy atom. The van der Waals surface area contributed by atoms with Gasteiger partial charge in [-0.2, -0.15) is 0 Å². The summed E-state index contributed by atoms with van der Waals surface area (Å²) in [7, 11) is -3.65. The predicted octanol–water partition coefficient (Wildman–Crippen LogP) is 1.91. The molecule has 2 rings (SSSR count). The van der Waals surface area contributed by atoms with Crippen LogP contribution in [0.2, 0.25) is 0 Å². The van der Waals surface area contributed by atoms with E-state index in [1.54, 1.807) is 13.8 Å². The summed E-state index contributed by atoms with van der Waals surface area (Å²) in [5, 5.41) is 6.18. The Bertz CT molecular complexity index is 784. The van der Waals surface area contributed by atoms with Crippen molar-refractivity contribution in [3.8, 4) is 0 Å². The molecule has 1 heterocycles. The van der Waals surface area contributed by atoms with Gasteiger partial charge < -0.3 is 9.84 Å². The standard InChI is InChI=1S/C15H17FN2O4S/c1-10-7-14(18-22-10)8-23(20,21)9-15(19)17-11(2)12-3-5-13(16)6-4-12/h3-7,11H,8-9H2,1-2H3,(H,17,19)/t11-/m0/s1. The fourth-order valence-electron chi connectivity index (χ4n) is 2.08. The van der Waals surface area contributed by atoms with E-state index in [9.17, 15) is 17.6 Å². The summed E-state index contributed by atoms with van der Waals surface area (Å²) in [6.07, 6.45) is 0. The normalized spacial score (nSPS) is 12.8. The molecule has 0 saturated carbocycles. The van der Waals surface area contributed by atoms with Gasteiger partial charge in [0, 0.05) is 6.07 Å². The average molecular weight is 340 g/mol. The van der Waals surface area contributed by atoms with E-state index in [4.69, 9.17) is 4.52 Å². The quantitative estimate of drug-likeness (QED) is 0.868. The molecule has 0 unspecified atom stereocenters. The molecule has 1 N–H and O–H groups in total. The zero-order valence-electron chi connectivity index (χ0n) is 12.7. The molecule has 124 valence electrons. The summed E-state index contributed by atoms with van der Waals surface area (Å²) in [4.78, 5) is 11.9. The molecule has 6 nitrogen and oxygen atoms in total. The molecular formula is C15H17FN2O4S. The second kappa shape index (κ2) is 6.91. The van der Waals surface area contributed by atoms with Crippen molar-refractivity contribution in [3.63, 3.8) is 0 Å². The van der Waals surface area contributed by atoms with E-state index in [0.29, 0.717) is 11.3 Å². The van der Waals surface area contributed by atoms with Gasteiger partial charge in [0.25, 0.3) is 0 Å². The zero-order valence-corrected chi connectivity index (χ0v) is 13.6. The molecule has 0 saturated heterocycles. The van der Waals surface area contributed by atoms with Crippen molar-refractivity contribution in [1.82, 2.24) is 10.5 Å². The summed E-state index contributed by atoms with van der Waals surface area (Å²) >= 11 is 0. The number of carbonyl (C=O) groups is 1. The van der Waals surface area contributed by atoms with Crippen LogP contribution in [0.15, 0.2) is 34.9 Å². The van der Waals surface area contributed by atoms with Crippen LogP contribution in [-0.2, 0) is 20.4 Å². The average Bonchev–Trinajstić information content (AvgIpc) is 2.82. The lowest BCUT2D eigenvalue weighted by Crippen LogP contribution is -2.32. The number of nitrogens with zero attached hydrogens (tertiary/aromatic N) is 1. The first-order chi connectivity index (χ1) is 10.7. The summed E-state index contributed by atoms with van der Waals surface area (Å²) in [5.74, 6) is -1.50. The van der Waals surface area contributed by atoms with Crippen LogP contribution in [0.25, 0.3) is 0 Å². The molecule has 0 aliphatic carbocycles. The van der Waals surface area contributed by atoms with Gasteiger partial charge in [-0.15, -0.1) is 0 Å². The van der Waals surface area contributed by atoms with E-state index in [1.165, 1.54) is 30.3 Å². The minimum atomic E-state index is -3.65. The van der Waals surface area contributed by atoms with Gasteiger partial charge in [-0.1, -0.05) is 17.3 Å². The van der Waals surface area contributed by atoms with Crippen molar-refractivity contribution in [2.75, 3.05) is 5.75 Å². The molecule has 8 heteroatoms. The number of halogens is 1. The number of nitrogens with one attached hydrogen (secondary N) is 1. The predicted molar refractivity (Wildman–Crippen MR) is 81.7 cm³/mol. The highest BCUT2D eigenvalue weighted by molar-refractivity contribution is 7.91. The Kier molecular flexibility index (Phi) is 5.15. The van der Waals surface area contributed by atoms with Crippen LogP contribution in [0.4, 0.5) is 4.39 Å². The largest absolute Gasteiger partial charge is 0.361 e.